The van der Waals surface area contributed by atoms with E-state index in [2.05, 4.69) is 20.4 Å². The molecule has 0 aliphatic carbocycles. The number of nitrogens with zero attached hydrogens (tertiary/aromatic N) is 4. The maximum atomic E-state index is 12.8. The van der Waals surface area contributed by atoms with E-state index in [0.29, 0.717) is 11.5 Å². The molecule has 4 rings (SSSR count). The number of carbonyl (C=O) groups excluding carboxylic acids is 1. The SMILES string of the molecule is Cc1ccc(C(=O)N2CCCC(c3cccc4nccn34)C2)cn1. The van der Waals surface area contributed by atoms with Crippen LogP contribution in [0.2, 0.25) is 0 Å². The second kappa shape index (κ2) is 6.07. The van der Waals surface area contributed by atoms with Gasteiger partial charge in [0.25, 0.3) is 5.91 Å². The lowest BCUT2D eigenvalue weighted by molar-refractivity contribution is 0.0705. The molecule has 0 N–H and O–H groups in total. The second-order valence-electron chi connectivity index (χ2n) is 6.38. The molecule has 122 valence electrons. The third kappa shape index (κ3) is 2.66. The Balaban J connectivity index is 1.58. The van der Waals surface area contributed by atoms with Crippen LogP contribution in [0.5, 0.6) is 0 Å². The summed E-state index contributed by atoms with van der Waals surface area (Å²) in [5, 5.41) is 0. The van der Waals surface area contributed by atoms with E-state index < -0.39 is 0 Å². The highest BCUT2D eigenvalue weighted by Gasteiger charge is 2.26. The van der Waals surface area contributed by atoms with Crippen LogP contribution in [0.25, 0.3) is 5.65 Å². The minimum absolute atomic E-state index is 0.0741. The molecule has 0 spiro atoms. The number of hydrogen-bond acceptors (Lipinski definition) is 3. The molecule has 1 unspecified atom stereocenters. The number of aromatic nitrogens is 3. The van der Waals surface area contributed by atoms with Crippen molar-refractivity contribution in [1.29, 1.82) is 0 Å². The second-order valence-corrected chi connectivity index (χ2v) is 6.38. The zero-order valence-electron chi connectivity index (χ0n) is 13.7. The first kappa shape index (κ1) is 14.9. The summed E-state index contributed by atoms with van der Waals surface area (Å²) in [5.41, 5.74) is 3.78. The summed E-state index contributed by atoms with van der Waals surface area (Å²) in [5.74, 6) is 0.406. The van der Waals surface area contributed by atoms with Crippen LogP contribution < -0.4 is 0 Å². The van der Waals surface area contributed by atoms with Gasteiger partial charge < -0.3 is 9.30 Å². The van der Waals surface area contributed by atoms with Gasteiger partial charge in [0.05, 0.1) is 5.56 Å². The first-order chi connectivity index (χ1) is 11.7. The highest BCUT2D eigenvalue weighted by molar-refractivity contribution is 5.94. The molecule has 1 saturated heterocycles. The molecular formula is C19H20N4O. The van der Waals surface area contributed by atoms with E-state index in [-0.39, 0.29) is 5.91 Å². The molecule has 3 aromatic heterocycles. The standard InChI is InChI=1S/C19H20N4O/c1-14-7-8-15(12-21-14)19(24)22-10-3-4-16(13-22)17-5-2-6-18-20-9-11-23(17)18/h2,5-9,11-12,16H,3-4,10,13H2,1H3. The summed E-state index contributed by atoms with van der Waals surface area (Å²) in [4.78, 5) is 23.3. The summed E-state index contributed by atoms with van der Waals surface area (Å²) < 4.78 is 2.13. The number of likely N-dealkylation sites (tertiary alicyclic amines) is 1. The molecule has 1 aliphatic rings. The van der Waals surface area contributed by atoms with Crippen molar-refractivity contribution in [3.63, 3.8) is 0 Å². The van der Waals surface area contributed by atoms with Crippen molar-refractivity contribution in [2.24, 2.45) is 0 Å². The maximum absolute atomic E-state index is 12.8. The van der Waals surface area contributed by atoms with Gasteiger partial charge in [0.2, 0.25) is 0 Å². The molecule has 24 heavy (non-hydrogen) atoms. The van der Waals surface area contributed by atoms with Gasteiger partial charge in [0, 0.05) is 49.0 Å². The summed E-state index contributed by atoms with van der Waals surface area (Å²) in [6.45, 7) is 3.48. The van der Waals surface area contributed by atoms with Crippen molar-refractivity contribution < 1.29 is 4.79 Å². The molecule has 0 radical (unpaired) electrons. The van der Waals surface area contributed by atoms with Crippen LogP contribution in [0.1, 0.15) is 40.5 Å². The van der Waals surface area contributed by atoms with Gasteiger partial charge in [-0.1, -0.05) is 6.07 Å². The molecule has 1 amide bonds. The highest BCUT2D eigenvalue weighted by atomic mass is 16.2. The minimum atomic E-state index is 0.0741. The summed E-state index contributed by atoms with van der Waals surface area (Å²) >= 11 is 0. The maximum Gasteiger partial charge on any atom is 0.255 e. The number of hydrogen-bond donors (Lipinski definition) is 0. The zero-order chi connectivity index (χ0) is 16.5. The largest absolute Gasteiger partial charge is 0.338 e. The average Bonchev–Trinajstić information content (AvgIpc) is 3.10. The Labute approximate surface area is 141 Å². The number of pyridine rings is 2. The minimum Gasteiger partial charge on any atom is -0.338 e. The first-order valence-corrected chi connectivity index (χ1v) is 8.36. The molecule has 1 fully saturated rings. The van der Waals surface area contributed by atoms with Gasteiger partial charge in [-0.15, -0.1) is 0 Å². The summed E-state index contributed by atoms with van der Waals surface area (Å²) in [6.07, 6.45) is 7.60. The topological polar surface area (TPSA) is 50.5 Å². The average molecular weight is 320 g/mol. The predicted molar refractivity (Wildman–Crippen MR) is 92.0 cm³/mol. The molecule has 1 atom stereocenters. The van der Waals surface area contributed by atoms with Crippen molar-refractivity contribution in [2.75, 3.05) is 13.1 Å². The number of fused-ring (bicyclic) bond motifs is 1. The third-order valence-electron chi connectivity index (χ3n) is 4.75. The number of imidazole rings is 1. The number of rotatable bonds is 2. The molecule has 1 aliphatic heterocycles. The Bertz CT molecular complexity index is 868. The van der Waals surface area contributed by atoms with Crippen LogP contribution in [-0.2, 0) is 0 Å². The number of aryl methyl sites for hydroxylation is 1. The molecule has 0 bridgehead atoms. The van der Waals surface area contributed by atoms with E-state index in [1.807, 2.05) is 48.5 Å². The lowest BCUT2D eigenvalue weighted by Crippen LogP contribution is -2.39. The van der Waals surface area contributed by atoms with Gasteiger partial charge in [-0.05, 0) is 44.0 Å². The van der Waals surface area contributed by atoms with Gasteiger partial charge in [-0.25, -0.2) is 4.98 Å². The van der Waals surface area contributed by atoms with Crippen molar-refractivity contribution >= 4 is 11.6 Å². The van der Waals surface area contributed by atoms with Crippen LogP contribution in [0.3, 0.4) is 0 Å². The van der Waals surface area contributed by atoms with Crippen molar-refractivity contribution in [3.8, 4) is 0 Å². The molecule has 4 heterocycles. The molecule has 0 aromatic carbocycles. The van der Waals surface area contributed by atoms with Gasteiger partial charge in [-0.2, -0.15) is 0 Å². The quantitative estimate of drug-likeness (QED) is 0.729. The third-order valence-corrected chi connectivity index (χ3v) is 4.75. The Morgan fingerprint density at radius 2 is 2.12 bits per heavy atom. The first-order valence-electron chi connectivity index (χ1n) is 8.36. The Kier molecular flexibility index (Phi) is 3.76. The predicted octanol–water partition coefficient (Wildman–Crippen LogP) is 3.06. The summed E-state index contributed by atoms with van der Waals surface area (Å²) in [7, 11) is 0. The molecular weight excluding hydrogens is 300 g/mol. The molecule has 5 nitrogen and oxygen atoms in total. The smallest absolute Gasteiger partial charge is 0.255 e. The van der Waals surface area contributed by atoms with Crippen LogP contribution >= 0.6 is 0 Å². The Morgan fingerprint density at radius 3 is 2.96 bits per heavy atom. The molecule has 5 heteroatoms. The van der Waals surface area contributed by atoms with E-state index in [9.17, 15) is 4.79 Å². The molecule has 0 saturated carbocycles. The van der Waals surface area contributed by atoms with Gasteiger partial charge >= 0.3 is 0 Å². The lowest BCUT2D eigenvalue weighted by atomic mass is 9.93. The van der Waals surface area contributed by atoms with E-state index in [1.165, 1.54) is 5.69 Å². The van der Waals surface area contributed by atoms with Gasteiger partial charge in [0.15, 0.2) is 0 Å². The van der Waals surface area contributed by atoms with Gasteiger partial charge in [0.1, 0.15) is 5.65 Å². The monoisotopic (exact) mass is 320 g/mol. The summed E-state index contributed by atoms with van der Waals surface area (Å²) in [6, 6.07) is 9.95. The molecule has 3 aromatic rings. The van der Waals surface area contributed by atoms with Crippen molar-refractivity contribution in [1.82, 2.24) is 19.3 Å². The van der Waals surface area contributed by atoms with E-state index in [4.69, 9.17) is 0 Å². The van der Waals surface area contributed by atoms with Crippen LogP contribution in [0.4, 0.5) is 0 Å². The fourth-order valence-electron chi connectivity index (χ4n) is 3.48. The van der Waals surface area contributed by atoms with Crippen molar-refractivity contribution in [2.45, 2.75) is 25.7 Å². The number of piperidine rings is 1. The highest BCUT2D eigenvalue weighted by Crippen LogP contribution is 2.28. The Morgan fingerprint density at radius 1 is 1.21 bits per heavy atom. The van der Waals surface area contributed by atoms with Crippen LogP contribution in [0.15, 0.2) is 48.9 Å². The normalized spacial score (nSPS) is 18.0. The number of amides is 1. The van der Waals surface area contributed by atoms with E-state index in [1.54, 1.807) is 6.20 Å². The zero-order valence-corrected chi connectivity index (χ0v) is 13.7. The van der Waals surface area contributed by atoms with Crippen LogP contribution in [0, 0.1) is 6.92 Å². The fourth-order valence-corrected chi connectivity index (χ4v) is 3.48. The van der Waals surface area contributed by atoms with E-state index >= 15 is 0 Å². The lowest BCUT2D eigenvalue weighted by Gasteiger charge is -2.33. The Hall–Kier alpha value is -2.69. The van der Waals surface area contributed by atoms with E-state index in [0.717, 1.165) is 37.3 Å². The van der Waals surface area contributed by atoms with Gasteiger partial charge in [-0.3, -0.25) is 9.78 Å². The fraction of sp³-hybridized carbons (Fsp3) is 0.316. The van der Waals surface area contributed by atoms with Crippen molar-refractivity contribution in [3.05, 3.63) is 65.9 Å². The van der Waals surface area contributed by atoms with Crippen LogP contribution in [-0.4, -0.2) is 38.3 Å². The number of carbonyl (C=O) groups is 1.